The first-order valence-electron chi connectivity index (χ1n) is 8.98. The van der Waals surface area contributed by atoms with Crippen LogP contribution >= 0.6 is 11.3 Å². The molecule has 1 aliphatic heterocycles. The van der Waals surface area contributed by atoms with Crippen molar-refractivity contribution >= 4 is 28.6 Å². The first-order chi connectivity index (χ1) is 13.8. The van der Waals surface area contributed by atoms with Gasteiger partial charge in [-0.15, -0.1) is 11.3 Å². The molecular weight excluding hydrogens is 374 g/mol. The Balaban J connectivity index is 1.31. The Kier molecular flexibility index (Phi) is 4.21. The van der Waals surface area contributed by atoms with Crippen LogP contribution in [0.5, 0.6) is 0 Å². The van der Waals surface area contributed by atoms with E-state index in [4.69, 9.17) is 0 Å². The van der Waals surface area contributed by atoms with E-state index in [2.05, 4.69) is 25.0 Å². The number of nitrogens with zero attached hydrogens (tertiary/aromatic N) is 7. The molecule has 0 radical (unpaired) electrons. The zero-order valence-electron chi connectivity index (χ0n) is 15.0. The van der Waals surface area contributed by atoms with Crippen LogP contribution in [0.4, 0.5) is 5.69 Å². The van der Waals surface area contributed by atoms with Gasteiger partial charge in [0.25, 0.3) is 5.91 Å². The van der Waals surface area contributed by atoms with E-state index in [1.807, 2.05) is 40.9 Å². The third-order valence-electron chi connectivity index (χ3n) is 4.81. The van der Waals surface area contributed by atoms with Gasteiger partial charge in [0.05, 0.1) is 23.6 Å². The third-order valence-corrected chi connectivity index (χ3v) is 5.69. The van der Waals surface area contributed by atoms with Gasteiger partial charge in [0, 0.05) is 50.1 Å². The molecule has 0 unspecified atom stereocenters. The number of piperazine rings is 1. The first kappa shape index (κ1) is 16.8. The van der Waals surface area contributed by atoms with Gasteiger partial charge in [0.15, 0.2) is 5.65 Å². The number of anilines is 1. The number of fused-ring (bicyclic) bond motifs is 1. The zero-order valence-corrected chi connectivity index (χ0v) is 15.8. The fourth-order valence-electron chi connectivity index (χ4n) is 3.34. The molecule has 5 rings (SSSR count). The summed E-state index contributed by atoms with van der Waals surface area (Å²) in [6.45, 7) is 2.90. The topological polar surface area (TPSA) is 79.5 Å². The minimum Gasteiger partial charge on any atom is -0.367 e. The lowest BCUT2D eigenvalue weighted by Gasteiger charge is -2.35. The van der Waals surface area contributed by atoms with Gasteiger partial charge in [-0.05, 0) is 18.2 Å². The minimum absolute atomic E-state index is 0.0298. The van der Waals surface area contributed by atoms with E-state index < -0.39 is 0 Å². The molecule has 8 nitrogen and oxygen atoms in total. The van der Waals surface area contributed by atoms with Gasteiger partial charge < -0.3 is 9.80 Å². The summed E-state index contributed by atoms with van der Waals surface area (Å²) < 4.78 is 1.70. The molecule has 28 heavy (non-hydrogen) atoms. The highest BCUT2D eigenvalue weighted by molar-refractivity contribution is 7.13. The van der Waals surface area contributed by atoms with Crippen molar-refractivity contribution in [2.75, 3.05) is 31.1 Å². The van der Waals surface area contributed by atoms with E-state index in [9.17, 15) is 4.79 Å². The summed E-state index contributed by atoms with van der Waals surface area (Å²) in [6, 6.07) is 5.80. The molecule has 1 saturated heterocycles. The smallest absolute Gasteiger partial charge is 0.273 e. The summed E-state index contributed by atoms with van der Waals surface area (Å²) in [4.78, 5) is 30.1. The van der Waals surface area contributed by atoms with Crippen LogP contribution in [0.15, 0.2) is 54.6 Å². The number of carbonyl (C=O) groups is 1. The van der Waals surface area contributed by atoms with E-state index in [-0.39, 0.29) is 5.91 Å². The first-order valence-corrected chi connectivity index (χ1v) is 9.86. The number of carbonyl (C=O) groups excluding carboxylic acids is 1. The van der Waals surface area contributed by atoms with Gasteiger partial charge in [-0.25, -0.2) is 14.5 Å². The van der Waals surface area contributed by atoms with Crippen molar-refractivity contribution in [3.63, 3.8) is 0 Å². The van der Waals surface area contributed by atoms with Crippen LogP contribution in [0.2, 0.25) is 0 Å². The molecule has 1 fully saturated rings. The summed E-state index contributed by atoms with van der Waals surface area (Å²) >= 11 is 1.44. The van der Waals surface area contributed by atoms with Gasteiger partial charge in [0.1, 0.15) is 10.7 Å². The monoisotopic (exact) mass is 391 g/mol. The van der Waals surface area contributed by atoms with E-state index in [1.165, 1.54) is 11.3 Å². The summed E-state index contributed by atoms with van der Waals surface area (Å²) in [5.74, 6) is -0.0298. The van der Waals surface area contributed by atoms with Crippen LogP contribution in [0.3, 0.4) is 0 Å². The van der Waals surface area contributed by atoms with Crippen LogP contribution in [0.1, 0.15) is 10.5 Å². The highest BCUT2D eigenvalue weighted by Crippen LogP contribution is 2.27. The zero-order chi connectivity index (χ0) is 18.9. The lowest BCUT2D eigenvalue weighted by atomic mass is 10.2. The number of hydrogen-bond donors (Lipinski definition) is 0. The number of thiazole rings is 1. The number of hydrogen-bond acceptors (Lipinski definition) is 7. The number of rotatable bonds is 3. The lowest BCUT2D eigenvalue weighted by molar-refractivity contribution is 0.0742. The summed E-state index contributed by atoms with van der Waals surface area (Å²) in [7, 11) is 0. The van der Waals surface area contributed by atoms with Gasteiger partial charge in [-0.1, -0.05) is 0 Å². The maximum absolute atomic E-state index is 12.9. The van der Waals surface area contributed by atoms with Crippen molar-refractivity contribution in [1.29, 1.82) is 0 Å². The summed E-state index contributed by atoms with van der Waals surface area (Å²) in [6.07, 6.45) is 8.92. The van der Waals surface area contributed by atoms with E-state index in [0.29, 0.717) is 18.8 Å². The average molecular weight is 391 g/mol. The van der Waals surface area contributed by atoms with Crippen LogP contribution in [-0.2, 0) is 0 Å². The van der Waals surface area contributed by atoms with Crippen LogP contribution in [-0.4, -0.2) is 61.6 Å². The molecule has 0 aliphatic carbocycles. The second-order valence-electron chi connectivity index (χ2n) is 6.47. The molecule has 0 aromatic carbocycles. The van der Waals surface area contributed by atoms with Crippen molar-refractivity contribution in [3.8, 4) is 10.6 Å². The van der Waals surface area contributed by atoms with Crippen molar-refractivity contribution in [3.05, 3.63) is 60.3 Å². The Morgan fingerprint density at radius 1 is 1.07 bits per heavy atom. The molecule has 0 atom stereocenters. The van der Waals surface area contributed by atoms with Gasteiger partial charge in [0.2, 0.25) is 0 Å². The second kappa shape index (κ2) is 7.01. The third kappa shape index (κ3) is 2.99. The maximum Gasteiger partial charge on any atom is 0.273 e. The Morgan fingerprint density at radius 2 is 1.96 bits per heavy atom. The number of amides is 1. The van der Waals surface area contributed by atoms with E-state index in [1.54, 1.807) is 23.1 Å². The normalized spacial score (nSPS) is 14.6. The Bertz CT molecular complexity index is 1120. The molecule has 1 amide bonds. The Hall–Kier alpha value is -3.33. The second-order valence-corrected chi connectivity index (χ2v) is 7.33. The Morgan fingerprint density at radius 3 is 2.79 bits per heavy atom. The summed E-state index contributed by atoms with van der Waals surface area (Å²) in [5, 5.41) is 6.86. The number of pyridine rings is 1. The van der Waals surface area contributed by atoms with Crippen molar-refractivity contribution in [2.24, 2.45) is 0 Å². The average Bonchev–Trinajstić information content (AvgIpc) is 3.41. The maximum atomic E-state index is 12.9. The molecular formula is C19H17N7OS. The molecule has 9 heteroatoms. The van der Waals surface area contributed by atoms with E-state index >= 15 is 0 Å². The van der Waals surface area contributed by atoms with Crippen molar-refractivity contribution < 1.29 is 4.79 Å². The number of aromatic nitrogens is 5. The molecule has 4 aromatic heterocycles. The quantitative estimate of drug-likeness (QED) is 0.533. The highest BCUT2D eigenvalue weighted by Gasteiger charge is 2.24. The fraction of sp³-hybridized carbons (Fsp3) is 0.211. The molecule has 0 saturated carbocycles. The fourth-order valence-corrected chi connectivity index (χ4v) is 4.14. The SMILES string of the molecule is O=C(c1csc(-c2cnn3cccnc23)n1)N1CCN(c2cccnc2)CC1. The van der Waals surface area contributed by atoms with Crippen LogP contribution < -0.4 is 4.90 Å². The van der Waals surface area contributed by atoms with Crippen molar-refractivity contribution in [1.82, 2.24) is 29.5 Å². The van der Waals surface area contributed by atoms with Gasteiger partial charge in [-0.3, -0.25) is 9.78 Å². The highest BCUT2D eigenvalue weighted by atomic mass is 32.1. The van der Waals surface area contributed by atoms with Crippen LogP contribution in [0.25, 0.3) is 16.2 Å². The standard InChI is InChI=1S/C19H17N7OS/c27-19(25-9-7-24(8-10-25)14-3-1-4-20-11-14)16-13-28-18(23-16)15-12-22-26-6-2-5-21-17(15)26/h1-6,11-13H,7-10H2. The molecule has 0 bridgehead atoms. The molecule has 1 aliphatic rings. The predicted molar refractivity (Wildman–Crippen MR) is 106 cm³/mol. The van der Waals surface area contributed by atoms with Gasteiger partial charge in [-0.2, -0.15) is 5.10 Å². The molecule has 4 aromatic rings. The van der Waals surface area contributed by atoms with Gasteiger partial charge >= 0.3 is 0 Å². The van der Waals surface area contributed by atoms with Crippen LogP contribution in [0, 0.1) is 0 Å². The lowest BCUT2D eigenvalue weighted by Crippen LogP contribution is -2.48. The van der Waals surface area contributed by atoms with E-state index in [0.717, 1.165) is 35.0 Å². The van der Waals surface area contributed by atoms with Crippen molar-refractivity contribution in [2.45, 2.75) is 0 Å². The largest absolute Gasteiger partial charge is 0.367 e. The molecule has 140 valence electrons. The molecule has 0 N–H and O–H groups in total. The molecule has 0 spiro atoms. The predicted octanol–water partition coefficient (Wildman–Crippen LogP) is 2.21. The molecule has 5 heterocycles. The Labute approximate surface area is 165 Å². The minimum atomic E-state index is -0.0298. The summed E-state index contributed by atoms with van der Waals surface area (Å²) in [5.41, 5.74) is 3.14.